The molecule has 2 N–H and O–H groups in total. The lowest BCUT2D eigenvalue weighted by Gasteiger charge is -2.23. The molecule has 0 radical (unpaired) electrons. The van der Waals surface area contributed by atoms with Gasteiger partial charge < -0.3 is 15.3 Å². The Morgan fingerprint density at radius 1 is 1.40 bits per heavy atom. The van der Waals surface area contributed by atoms with Crippen LogP contribution in [0.5, 0.6) is 0 Å². The number of likely N-dealkylation sites (tertiary alicyclic amines) is 1. The third-order valence-corrected chi connectivity index (χ3v) is 3.29. The fourth-order valence-corrected chi connectivity index (χ4v) is 2.26. The number of carboxylic acid groups (broad SMARTS) is 1. The van der Waals surface area contributed by atoms with E-state index in [-0.39, 0.29) is 23.1 Å². The molecule has 0 aromatic carbocycles. The van der Waals surface area contributed by atoms with Gasteiger partial charge in [0.05, 0.1) is 5.56 Å². The number of hydrogen-bond donors (Lipinski definition) is 2. The number of aromatic carboxylic acids is 1. The summed E-state index contributed by atoms with van der Waals surface area (Å²) in [4.78, 5) is 39.9. The Balaban J connectivity index is 2.18. The van der Waals surface area contributed by atoms with Crippen LogP contribution in [0.2, 0.25) is 0 Å². The number of carbonyl (C=O) groups excluding carboxylic acids is 2. The number of rotatable bonds is 3. The lowest BCUT2D eigenvalue weighted by atomic mass is 10.2. The lowest BCUT2D eigenvalue weighted by Crippen LogP contribution is -2.44. The molecule has 1 saturated heterocycles. The number of likely N-dealkylation sites (N-methyl/N-ethyl adjacent to an activating group) is 1. The van der Waals surface area contributed by atoms with Gasteiger partial charge in [-0.15, -0.1) is 0 Å². The zero-order chi connectivity index (χ0) is 14.7. The van der Waals surface area contributed by atoms with Gasteiger partial charge in [-0.05, 0) is 25.0 Å². The predicted octanol–water partition coefficient (Wildman–Crippen LogP) is 0.130. The van der Waals surface area contributed by atoms with E-state index in [0.29, 0.717) is 13.0 Å². The molecule has 1 aliphatic rings. The second-order valence-electron chi connectivity index (χ2n) is 4.51. The second kappa shape index (κ2) is 5.68. The molecule has 1 atom stereocenters. The largest absolute Gasteiger partial charge is 0.477 e. The van der Waals surface area contributed by atoms with Crippen LogP contribution in [0, 0.1) is 0 Å². The van der Waals surface area contributed by atoms with Crippen molar-refractivity contribution in [2.75, 3.05) is 13.6 Å². The highest BCUT2D eigenvalue weighted by molar-refractivity contribution is 5.98. The average molecular weight is 277 g/mol. The summed E-state index contributed by atoms with van der Waals surface area (Å²) in [5.41, 5.74) is 0.164. The maximum atomic E-state index is 12.3. The van der Waals surface area contributed by atoms with Crippen molar-refractivity contribution in [2.45, 2.75) is 18.9 Å². The first-order valence-corrected chi connectivity index (χ1v) is 6.26. The van der Waals surface area contributed by atoms with Crippen molar-refractivity contribution >= 4 is 17.8 Å². The molecule has 0 aliphatic carbocycles. The van der Waals surface area contributed by atoms with E-state index in [0.717, 1.165) is 6.42 Å². The molecule has 2 rings (SSSR count). The summed E-state index contributed by atoms with van der Waals surface area (Å²) in [6, 6.07) is 2.23. The molecule has 1 aromatic heterocycles. The minimum Gasteiger partial charge on any atom is -0.477 e. The first-order chi connectivity index (χ1) is 9.54. The van der Waals surface area contributed by atoms with E-state index < -0.39 is 12.0 Å². The van der Waals surface area contributed by atoms with Crippen LogP contribution in [0.1, 0.15) is 33.7 Å². The van der Waals surface area contributed by atoms with Crippen molar-refractivity contribution in [3.05, 3.63) is 29.6 Å². The summed E-state index contributed by atoms with van der Waals surface area (Å²) in [5.74, 6) is -1.64. The van der Waals surface area contributed by atoms with E-state index >= 15 is 0 Å². The molecule has 2 heterocycles. The number of pyridine rings is 1. The lowest BCUT2D eigenvalue weighted by molar-refractivity contribution is -0.124. The van der Waals surface area contributed by atoms with Crippen molar-refractivity contribution in [3.8, 4) is 0 Å². The number of nitrogens with zero attached hydrogens (tertiary/aromatic N) is 2. The van der Waals surface area contributed by atoms with Crippen LogP contribution in [-0.2, 0) is 4.79 Å². The minimum absolute atomic E-state index is 0.120. The third-order valence-electron chi connectivity index (χ3n) is 3.29. The Kier molecular flexibility index (Phi) is 3.97. The van der Waals surface area contributed by atoms with Crippen molar-refractivity contribution in [1.29, 1.82) is 0 Å². The van der Waals surface area contributed by atoms with E-state index in [1.165, 1.54) is 30.3 Å². The number of aromatic nitrogens is 1. The van der Waals surface area contributed by atoms with E-state index in [2.05, 4.69) is 10.3 Å². The fourth-order valence-electron chi connectivity index (χ4n) is 2.26. The standard InChI is InChI=1S/C13H15N3O4/c1-14-11(17)10-3-2-6-16(10)12(18)8-4-5-9(13(19)20)15-7-8/h4-5,7,10H,2-3,6H2,1H3,(H,14,17)(H,19,20). The molecule has 1 fully saturated rings. The zero-order valence-electron chi connectivity index (χ0n) is 11.0. The first kappa shape index (κ1) is 14.0. The topological polar surface area (TPSA) is 99.6 Å². The molecule has 0 saturated carbocycles. The molecular formula is C13H15N3O4. The number of carbonyl (C=O) groups is 3. The smallest absolute Gasteiger partial charge is 0.354 e. The molecular weight excluding hydrogens is 262 g/mol. The van der Waals surface area contributed by atoms with Crippen molar-refractivity contribution in [3.63, 3.8) is 0 Å². The molecule has 7 heteroatoms. The number of amides is 2. The maximum Gasteiger partial charge on any atom is 0.354 e. The van der Waals surface area contributed by atoms with Crippen molar-refractivity contribution < 1.29 is 19.5 Å². The highest BCUT2D eigenvalue weighted by Gasteiger charge is 2.34. The van der Waals surface area contributed by atoms with Gasteiger partial charge >= 0.3 is 5.97 Å². The Bertz CT molecular complexity index is 541. The SMILES string of the molecule is CNC(=O)C1CCCN1C(=O)c1ccc(C(=O)O)nc1. The molecule has 20 heavy (non-hydrogen) atoms. The summed E-state index contributed by atoms with van der Waals surface area (Å²) >= 11 is 0. The Morgan fingerprint density at radius 2 is 2.15 bits per heavy atom. The average Bonchev–Trinajstić information content (AvgIpc) is 2.95. The van der Waals surface area contributed by atoms with Crippen LogP contribution in [0.3, 0.4) is 0 Å². The Hall–Kier alpha value is -2.44. The minimum atomic E-state index is -1.14. The monoisotopic (exact) mass is 277 g/mol. The van der Waals surface area contributed by atoms with E-state index in [4.69, 9.17) is 5.11 Å². The normalized spacial score (nSPS) is 17.9. The Labute approximate surface area is 115 Å². The van der Waals surface area contributed by atoms with Gasteiger partial charge in [0.2, 0.25) is 5.91 Å². The fraction of sp³-hybridized carbons (Fsp3) is 0.385. The van der Waals surface area contributed by atoms with Gasteiger partial charge in [0, 0.05) is 19.8 Å². The van der Waals surface area contributed by atoms with E-state index in [9.17, 15) is 14.4 Å². The molecule has 1 aliphatic heterocycles. The number of carboxylic acids is 1. The van der Waals surface area contributed by atoms with Crippen LogP contribution in [0.4, 0.5) is 0 Å². The molecule has 0 spiro atoms. The second-order valence-corrected chi connectivity index (χ2v) is 4.51. The van der Waals surface area contributed by atoms with Gasteiger partial charge in [0.1, 0.15) is 11.7 Å². The van der Waals surface area contributed by atoms with Crippen LogP contribution in [0.25, 0.3) is 0 Å². The number of hydrogen-bond acceptors (Lipinski definition) is 4. The summed E-state index contributed by atoms with van der Waals surface area (Å²) in [5, 5.41) is 11.3. The third kappa shape index (κ3) is 2.61. The van der Waals surface area contributed by atoms with Gasteiger partial charge in [-0.2, -0.15) is 0 Å². The summed E-state index contributed by atoms with van der Waals surface area (Å²) in [6.45, 7) is 0.512. The molecule has 7 nitrogen and oxygen atoms in total. The highest BCUT2D eigenvalue weighted by Crippen LogP contribution is 2.20. The van der Waals surface area contributed by atoms with Gasteiger partial charge in [-0.1, -0.05) is 0 Å². The van der Waals surface area contributed by atoms with Crippen LogP contribution in [-0.4, -0.2) is 52.4 Å². The molecule has 106 valence electrons. The summed E-state index contributed by atoms with van der Waals surface area (Å²) in [6.07, 6.45) is 2.63. The summed E-state index contributed by atoms with van der Waals surface area (Å²) < 4.78 is 0. The first-order valence-electron chi connectivity index (χ1n) is 6.26. The van der Waals surface area contributed by atoms with Gasteiger partial charge in [-0.3, -0.25) is 9.59 Å². The molecule has 1 aromatic rings. The quantitative estimate of drug-likeness (QED) is 0.818. The number of nitrogens with one attached hydrogen (secondary N) is 1. The predicted molar refractivity (Wildman–Crippen MR) is 69.3 cm³/mol. The summed E-state index contributed by atoms with van der Waals surface area (Å²) in [7, 11) is 1.53. The zero-order valence-corrected chi connectivity index (χ0v) is 11.0. The van der Waals surface area contributed by atoms with Crippen LogP contribution >= 0.6 is 0 Å². The highest BCUT2D eigenvalue weighted by atomic mass is 16.4. The van der Waals surface area contributed by atoms with E-state index in [1.54, 1.807) is 0 Å². The Morgan fingerprint density at radius 3 is 2.70 bits per heavy atom. The van der Waals surface area contributed by atoms with Crippen LogP contribution in [0.15, 0.2) is 18.3 Å². The van der Waals surface area contributed by atoms with Gasteiger partial charge in [0.25, 0.3) is 5.91 Å². The molecule has 1 unspecified atom stereocenters. The van der Waals surface area contributed by atoms with Crippen molar-refractivity contribution in [2.24, 2.45) is 0 Å². The van der Waals surface area contributed by atoms with Crippen molar-refractivity contribution in [1.82, 2.24) is 15.2 Å². The van der Waals surface area contributed by atoms with E-state index in [1.807, 2.05) is 0 Å². The van der Waals surface area contributed by atoms with Gasteiger partial charge in [0.15, 0.2) is 0 Å². The maximum absolute atomic E-state index is 12.3. The molecule has 2 amide bonds. The molecule has 0 bridgehead atoms. The van der Waals surface area contributed by atoms with Crippen LogP contribution < -0.4 is 5.32 Å². The van der Waals surface area contributed by atoms with Gasteiger partial charge in [-0.25, -0.2) is 9.78 Å².